The Kier molecular flexibility index (Phi) is 11.7. The van der Waals surface area contributed by atoms with Crippen LogP contribution in [-0.4, -0.2) is 80.9 Å². The average molecular weight is 721 g/mol. The number of carbonyl (C=O) groups excluding carboxylic acids is 2. The molecule has 14 nitrogen and oxygen atoms in total. The summed E-state index contributed by atoms with van der Waals surface area (Å²) in [6.07, 6.45) is 6.42. The van der Waals surface area contributed by atoms with Crippen molar-refractivity contribution in [3.05, 3.63) is 115 Å². The van der Waals surface area contributed by atoms with E-state index >= 15 is 0 Å². The molecule has 1 unspecified atom stereocenters. The molecule has 4 rings (SSSR count). The molecule has 17 heteroatoms. The Bertz CT molecular complexity index is 1960. The van der Waals surface area contributed by atoms with Crippen LogP contribution < -0.4 is 0 Å². The molecule has 1 N–H and O–H groups in total. The van der Waals surface area contributed by atoms with Crippen molar-refractivity contribution < 1.29 is 50.3 Å². The van der Waals surface area contributed by atoms with E-state index in [1.54, 1.807) is 35.2 Å². The molecule has 0 saturated heterocycles. The number of hydrogen-bond donors (Lipinski definition) is 1. The van der Waals surface area contributed by atoms with Crippen molar-refractivity contribution in [2.24, 2.45) is 0 Å². The predicted molar refractivity (Wildman–Crippen MR) is 176 cm³/mol. The normalized spacial score (nSPS) is 15.4. The minimum atomic E-state index is -3.53. The maximum Gasteiger partial charge on any atom is 0.433 e. The Labute approximate surface area is 280 Å². The zero-order valence-corrected chi connectivity index (χ0v) is 28.3. The quantitative estimate of drug-likeness (QED) is 0.145. The smallest absolute Gasteiger partial charge is 0.433 e. The first kappa shape index (κ1) is 36.3. The van der Waals surface area contributed by atoms with Crippen molar-refractivity contribution in [2.45, 2.75) is 19.2 Å². The second-order valence-corrected chi connectivity index (χ2v) is 16.2. The summed E-state index contributed by atoms with van der Waals surface area (Å²) in [5.74, 6) is -3.49. The highest BCUT2D eigenvalue weighted by atomic mass is 32.2. The van der Waals surface area contributed by atoms with Crippen molar-refractivity contribution in [1.82, 2.24) is 4.90 Å². The third-order valence-electron chi connectivity index (χ3n) is 6.86. The minimum Gasteiger partial charge on any atom is -0.461 e. The number of ether oxygens (including phenoxy) is 2. The van der Waals surface area contributed by atoms with Gasteiger partial charge in [0.15, 0.2) is 19.7 Å². The number of rotatable bonds is 14. The third-order valence-corrected chi connectivity index (χ3v) is 9.62. The first-order chi connectivity index (χ1) is 22.6. The van der Waals surface area contributed by atoms with Gasteiger partial charge in [0.2, 0.25) is 0 Å². The fourth-order valence-electron chi connectivity index (χ4n) is 4.48. The van der Waals surface area contributed by atoms with Gasteiger partial charge in [-0.15, -0.1) is 11.3 Å². The number of aliphatic hydroxyl groups excluding tert-OH is 1. The molecule has 0 aliphatic carbocycles. The van der Waals surface area contributed by atoms with E-state index in [1.165, 1.54) is 35.7 Å². The maximum absolute atomic E-state index is 13.7. The molecule has 1 atom stereocenters. The molecular weight excluding hydrogens is 689 g/mol. The number of esters is 2. The number of furan rings is 1. The lowest BCUT2D eigenvalue weighted by molar-refractivity contribution is -0.402. The summed E-state index contributed by atoms with van der Waals surface area (Å²) in [5.41, 5.74) is 0.910. The molecule has 0 amide bonds. The Morgan fingerprint density at radius 1 is 0.958 bits per heavy atom. The highest BCUT2D eigenvalue weighted by Gasteiger charge is 2.31. The van der Waals surface area contributed by atoms with Gasteiger partial charge < -0.3 is 23.9 Å². The Morgan fingerprint density at radius 3 is 2.10 bits per heavy atom. The topological polar surface area (TPSA) is 201 Å². The number of nitro groups is 1. The summed E-state index contributed by atoms with van der Waals surface area (Å²) in [5, 5.41) is 22.8. The Hall–Kier alpha value is -4.58. The van der Waals surface area contributed by atoms with Crippen molar-refractivity contribution in [3.8, 4) is 0 Å². The second kappa shape index (κ2) is 15.5. The maximum atomic E-state index is 13.7. The van der Waals surface area contributed by atoms with Crippen LogP contribution in [0.15, 0.2) is 87.8 Å². The number of benzene rings is 1. The Morgan fingerprint density at radius 2 is 1.58 bits per heavy atom. The summed E-state index contributed by atoms with van der Waals surface area (Å²) in [4.78, 5) is 40.3. The van der Waals surface area contributed by atoms with Crippen LogP contribution >= 0.6 is 11.3 Å². The van der Waals surface area contributed by atoms with E-state index in [-0.39, 0.29) is 30.1 Å². The van der Waals surface area contributed by atoms with Gasteiger partial charge >= 0.3 is 17.8 Å². The number of nitrogens with zero attached hydrogens (tertiary/aromatic N) is 2. The van der Waals surface area contributed by atoms with Crippen LogP contribution in [0, 0.1) is 10.1 Å². The van der Waals surface area contributed by atoms with E-state index in [2.05, 4.69) is 0 Å². The fraction of sp³-hybridized carbons (Fsp3) is 0.290. The lowest BCUT2D eigenvalue weighted by Crippen LogP contribution is -2.28. The zero-order valence-electron chi connectivity index (χ0n) is 25.8. The lowest BCUT2D eigenvalue weighted by atomic mass is 9.94. The van der Waals surface area contributed by atoms with E-state index in [0.717, 1.165) is 17.4 Å². The van der Waals surface area contributed by atoms with Gasteiger partial charge in [-0.05, 0) is 46.4 Å². The molecule has 256 valence electrons. The fourth-order valence-corrected chi connectivity index (χ4v) is 6.07. The summed E-state index contributed by atoms with van der Waals surface area (Å²) in [6, 6.07) is 12.3. The van der Waals surface area contributed by atoms with Gasteiger partial charge in [-0.25, -0.2) is 26.4 Å². The lowest BCUT2D eigenvalue weighted by Gasteiger charge is -2.30. The van der Waals surface area contributed by atoms with Crippen molar-refractivity contribution in [3.63, 3.8) is 0 Å². The van der Waals surface area contributed by atoms with Crippen LogP contribution in [0.5, 0.6) is 0 Å². The van der Waals surface area contributed by atoms with Crippen LogP contribution in [0.1, 0.15) is 27.8 Å². The molecule has 1 aromatic carbocycles. The van der Waals surface area contributed by atoms with Gasteiger partial charge in [0.1, 0.15) is 23.9 Å². The number of sulfone groups is 2. The molecule has 0 radical (unpaired) electrons. The number of thiophene rings is 1. The molecule has 0 spiro atoms. The van der Waals surface area contributed by atoms with Crippen LogP contribution in [0.2, 0.25) is 0 Å². The minimum absolute atomic E-state index is 0.139. The van der Waals surface area contributed by atoms with Crippen molar-refractivity contribution >= 4 is 54.4 Å². The molecule has 48 heavy (non-hydrogen) atoms. The monoisotopic (exact) mass is 720 g/mol. The van der Waals surface area contributed by atoms with E-state index in [4.69, 9.17) is 13.9 Å². The SMILES string of the molecule is CS(=O)(=O)CCOC(=O)C1=CC(c2ccc(CO)cc2)=CC(c2cccs2)N(Cc2ccc([N+](=O)[O-])o2)C=C1C(=O)OCCS(C)(=O)=O. The Balaban J connectivity index is 1.93. The van der Waals surface area contributed by atoms with E-state index in [1.807, 2.05) is 17.5 Å². The van der Waals surface area contributed by atoms with Crippen LogP contribution in [0.3, 0.4) is 0 Å². The van der Waals surface area contributed by atoms with Crippen molar-refractivity contribution in [2.75, 3.05) is 37.2 Å². The highest BCUT2D eigenvalue weighted by molar-refractivity contribution is 7.90. The zero-order chi connectivity index (χ0) is 35.1. The van der Waals surface area contributed by atoms with E-state index in [9.17, 15) is 41.6 Å². The van der Waals surface area contributed by atoms with Gasteiger partial charge in [0.25, 0.3) is 0 Å². The molecule has 0 fully saturated rings. The molecule has 0 saturated carbocycles. The molecule has 2 aromatic heterocycles. The van der Waals surface area contributed by atoms with Gasteiger partial charge in [0, 0.05) is 23.6 Å². The van der Waals surface area contributed by atoms with Crippen LogP contribution in [0.4, 0.5) is 5.88 Å². The summed E-state index contributed by atoms with van der Waals surface area (Å²) in [6.45, 7) is -1.41. The number of allylic oxidation sites excluding steroid dienone is 2. The molecular formula is C31H32N2O12S3. The highest BCUT2D eigenvalue weighted by Crippen LogP contribution is 2.36. The first-order valence-corrected chi connectivity index (χ1v) is 19.2. The standard InChI is InChI=1S/C31H32N2O12S3/c1-47(39,40)14-11-43-30(35)25-16-23(22-7-5-21(20-34)6-8-22)17-27(28-4-3-13-46-28)32(18-24-9-10-29(45-24)33(37)38)19-26(25)31(36)44-12-15-48(2,41)42/h3-10,13,16-17,19,27,34H,11-12,14-15,18,20H2,1-2H3. The van der Waals surface area contributed by atoms with Gasteiger partial charge in [-0.2, -0.15) is 0 Å². The predicted octanol–water partition coefficient (Wildman–Crippen LogP) is 3.37. The van der Waals surface area contributed by atoms with Crippen LogP contribution in [0.25, 0.3) is 5.57 Å². The average Bonchev–Trinajstić information content (AvgIpc) is 3.70. The number of carbonyl (C=O) groups is 2. The second-order valence-electron chi connectivity index (χ2n) is 10.7. The largest absolute Gasteiger partial charge is 0.461 e. The van der Waals surface area contributed by atoms with Gasteiger partial charge in [0.05, 0.1) is 47.9 Å². The molecule has 3 heterocycles. The molecule has 1 aliphatic heterocycles. The van der Waals surface area contributed by atoms with Crippen molar-refractivity contribution in [1.29, 1.82) is 0 Å². The summed E-state index contributed by atoms with van der Waals surface area (Å²) >= 11 is 1.38. The molecule has 3 aromatic rings. The number of hydrogen-bond acceptors (Lipinski definition) is 14. The van der Waals surface area contributed by atoms with Gasteiger partial charge in [-0.1, -0.05) is 30.3 Å². The first-order valence-electron chi connectivity index (χ1n) is 14.2. The molecule has 0 bridgehead atoms. The summed E-state index contributed by atoms with van der Waals surface area (Å²) < 4.78 is 63.0. The number of aliphatic hydroxyl groups is 1. The van der Waals surface area contributed by atoms with Crippen LogP contribution in [-0.2, 0) is 51.9 Å². The summed E-state index contributed by atoms with van der Waals surface area (Å²) in [7, 11) is -7.04. The molecule has 1 aliphatic rings. The van der Waals surface area contributed by atoms with Gasteiger partial charge in [-0.3, -0.25) is 10.1 Å². The van der Waals surface area contributed by atoms with E-state index in [0.29, 0.717) is 16.7 Å². The van der Waals surface area contributed by atoms with E-state index < -0.39 is 73.2 Å². The third kappa shape index (κ3) is 10.2.